The normalized spacial score (nSPS) is 9.40. The van der Waals surface area contributed by atoms with Crippen LogP contribution in [0.2, 0.25) is 0 Å². The highest BCUT2D eigenvalue weighted by molar-refractivity contribution is 5.93. The molecule has 0 fully saturated rings. The summed E-state index contributed by atoms with van der Waals surface area (Å²) in [6.45, 7) is 5.93. The molecule has 0 atom stereocenters. The first-order valence-electron chi connectivity index (χ1n) is 5.41. The summed E-state index contributed by atoms with van der Waals surface area (Å²) in [5, 5.41) is 0. The molecule has 0 aromatic heterocycles. The summed E-state index contributed by atoms with van der Waals surface area (Å²) in [5.74, 6) is 0.167. The van der Waals surface area contributed by atoms with Crippen LogP contribution in [0.5, 0.6) is 0 Å². The number of carbonyl (C=O) groups excluding carboxylic acids is 2. The van der Waals surface area contributed by atoms with Crippen molar-refractivity contribution in [3.8, 4) is 0 Å². The zero-order chi connectivity index (χ0) is 11.5. The molecule has 3 heteroatoms. The Morgan fingerprint density at radius 2 is 1.80 bits per heavy atom. The highest BCUT2D eigenvalue weighted by atomic mass is 16.1. The average molecular weight is 209 g/mol. The van der Waals surface area contributed by atoms with Crippen LogP contribution >= 0.6 is 0 Å². The molecule has 0 heterocycles. The van der Waals surface area contributed by atoms with Gasteiger partial charge in [-0.3, -0.25) is 4.79 Å². The number of unbranched alkanes of at least 4 members (excludes halogenated alkanes) is 4. The molecule has 0 aromatic rings. The number of isocyanates is 1. The van der Waals surface area contributed by atoms with Crippen molar-refractivity contribution in [3.05, 3.63) is 12.2 Å². The molecule has 0 aliphatic rings. The van der Waals surface area contributed by atoms with Crippen molar-refractivity contribution in [2.45, 2.75) is 45.4 Å². The lowest BCUT2D eigenvalue weighted by Crippen LogP contribution is -1.97. The Morgan fingerprint density at radius 1 is 1.20 bits per heavy atom. The summed E-state index contributed by atoms with van der Waals surface area (Å²) in [4.78, 5) is 24.4. The van der Waals surface area contributed by atoms with Gasteiger partial charge in [0.2, 0.25) is 6.08 Å². The maximum Gasteiger partial charge on any atom is 0.234 e. The van der Waals surface area contributed by atoms with E-state index in [2.05, 4.69) is 11.6 Å². The minimum atomic E-state index is 0.167. The van der Waals surface area contributed by atoms with Gasteiger partial charge in [0, 0.05) is 6.42 Å². The Hall–Kier alpha value is -1.21. The van der Waals surface area contributed by atoms with Crippen molar-refractivity contribution >= 4 is 11.9 Å². The number of aliphatic imine (C=N–C) groups is 1. The van der Waals surface area contributed by atoms with Crippen molar-refractivity contribution in [1.82, 2.24) is 0 Å². The van der Waals surface area contributed by atoms with E-state index in [1.165, 1.54) is 6.08 Å². The van der Waals surface area contributed by atoms with Gasteiger partial charge in [-0.15, -0.1) is 0 Å². The summed E-state index contributed by atoms with van der Waals surface area (Å²) in [6, 6.07) is 0. The number of hydrogen-bond acceptors (Lipinski definition) is 3. The Kier molecular flexibility index (Phi) is 8.59. The minimum absolute atomic E-state index is 0.167. The minimum Gasteiger partial charge on any atom is -0.295 e. The van der Waals surface area contributed by atoms with E-state index in [0.29, 0.717) is 18.5 Å². The molecule has 3 nitrogen and oxygen atoms in total. The summed E-state index contributed by atoms with van der Waals surface area (Å²) >= 11 is 0. The van der Waals surface area contributed by atoms with Gasteiger partial charge >= 0.3 is 0 Å². The lowest BCUT2D eigenvalue weighted by molar-refractivity contribution is -0.115. The number of hydrogen-bond donors (Lipinski definition) is 0. The van der Waals surface area contributed by atoms with Crippen molar-refractivity contribution < 1.29 is 9.59 Å². The molecule has 0 radical (unpaired) electrons. The van der Waals surface area contributed by atoms with Crippen molar-refractivity contribution in [3.63, 3.8) is 0 Å². The van der Waals surface area contributed by atoms with E-state index in [4.69, 9.17) is 0 Å². The molecule has 0 aliphatic heterocycles. The number of ketones is 1. The summed E-state index contributed by atoms with van der Waals surface area (Å²) < 4.78 is 0. The van der Waals surface area contributed by atoms with Crippen LogP contribution in [0.15, 0.2) is 17.1 Å². The molecule has 0 aliphatic carbocycles. The Morgan fingerprint density at radius 3 is 2.40 bits per heavy atom. The molecule has 0 spiro atoms. The monoisotopic (exact) mass is 209 g/mol. The number of nitrogens with zero attached hydrogens (tertiary/aromatic N) is 1. The molecule has 0 rings (SSSR count). The molecular formula is C12H19NO2. The van der Waals surface area contributed by atoms with Gasteiger partial charge < -0.3 is 0 Å². The van der Waals surface area contributed by atoms with E-state index in [1.807, 2.05) is 0 Å². The van der Waals surface area contributed by atoms with Gasteiger partial charge in [-0.05, 0) is 25.3 Å². The molecular weight excluding hydrogens is 190 g/mol. The predicted octanol–water partition coefficient (Wildman–Crippen LogP) is 2.81. The summed E-state index contributed by atoms with van der Waals surface area (Å²) in [6.07, 6.45) is 7.21. The fourth-order valence-electron chi connectivity index (χ4n) is 1.27. The smallest absolute Gasteiger partial charge is 0.234 e. The molecule has 0 saturated carbocycles. The van der Waals surface area contributed by atoms with E-state index in [0.717, 1.165) is 32.1 Å². The second-order valence-electron chi connectivity index (χ2n) is 3.69. The maximum absolute atomic E-state index is 11.2. The fraction of sp³-hybridized carbons (Fsp3) is 0.667. The summed E-state index contributed by atoms with van der Waals surface area (Å²) in [7, 11) is 0. The van der Waals surface area contributed by atoms with Crippen LogP contribution in [0, 0.1) is 0 Å². The van der Waals surface area contributed by atoms with Gasteiger partial charge in [-0.2, -0.15) is 0 Å². The summed E-state index contributed by atoms with van der Waals surface area (Å²) in [5.41, 5.74) is 0.648. The Balaban J connectivity index is 3.21. The van der Waals surface area contributed by atoms with Gasteiger partial charge in [-0.1, -0.05) is 25.8 Å². The number of carbonyl (C=O) groups is 1. The second-order valence-corrected chi connectivity index (χ2v) is 3.69. The van der Waals surface area contributed by atoms with Gasteiger partial charge in [0.25, 0.3) is 0 Å². The van der Waals surface area contributed by atoms with Crippen LogP contribution in [0.3, 0.4) is 0 Å². The van der Waals surface area contributed by atoms with Crippen molar-refractivity contribution in [2.24, 2.45) is 4.99 Å². The molecule has 0 aromatic carbocycles. The van der Waals surface area contributed by atoms with Crippen LogP contribution in [0.4, 0.5) is 0 Å². The molecule has 0 N–H and O–H groups in total. The molecule has 0 saturated heterocycles. The Labute approximate surface area is 91.3 Å². The zero-order valence-electron chi connectivity index (χ0n) is 9.42. The topological polar surface area (TPSA) is 46.5 Å². The van der Waals surface area contributed by atoms with Crippen molar-refractivity contribution in [1.29, 1.82) is 0 Å². The molecule has 84 valence electrons. The van der Waals surface area contributed by atoms with E-state index in [9.17, 15) is 9.59 Å². The highest BCUT2D eigenvalue weighted by Gasteiger charge is 2.00. The lowest BCUT2D eigenvalue weighted by Gasteiger charge is -2.00. The molecule has 0 bridgehead atoms. The highest BCUT2D eigenvalue weighted by Crippen LogP contribution is 2.07. The van der Waals surface area contributed by atoms with Gasteiger partial charge in [0.05, 0.1) is 6.54 Å². The van der Waals surface area contributed by atoms with Crippen LogP contribution in [0.25, 0.3) is 0 Å². The third-order valence-electron chi connectivity index (χ3n) is 2.21. The van der Waals surface area contributed by atoms with E-state index >= 15 is 0 Å². The van der Waals surface area contributed by atoms with Gasteiger partial charge in [0.1, 0.15) is 0 Å². The average Bonchev–Trinajstić information content (AvgIpc) is 2.21. The van der Waals surface area contributed by atoms with Gasteiger partial charge in [0.15, 0.2) is 5.78 Å². The van der Waals surface area contributed by atoms with E-state index in [-0.39, 0.29) is 5.78 Å². The van der Waals surface area contributed by atoms with Crippen LogP contribution in [-0.4, -0.2) is 18.4 Å². The number of Topliss-reactive ketones (excluding diaryl/α,β-unsaturated/α-hetero) is 1. The molecule has 15 heavy (non-hydrogen) atoms. The first-order chi connectivity index (χ1) is 7.18. The standard InChI is InChI=1S/C12H19NO2/c1-11(2)12(15)8-6-4-3-5-7-9-13-10-14/h1,3-9H2,2H3. The van der Waals surface area contributed by atoms with E-state index in [1.54, 1.807) is 6.92 Å². The number of allylic oxidation sites excluding steroid dienone is 1. The predicted molar refractivity (Wildman–Crippen MR) is 60.5 cm³/mol. The quantitative estimate of drug-likeness (QED) is 0.254. The molecule has 0 unspecified atom stereocenters. The third-order valence-corrected chi connectivity index (χ3v) is 2.21. The zero-order valence-corrected chi connectivity index (χ0v) is 9.42. The number of rotatable bonds is 9. The lowest BCUT2D eigenvalue weighted by atomic mass is 10.1. The fourth-order valence-corrected chi connectivity index (χ4v) is 1.27. The van der Waals surface area contributed by atoms with Gasteiger partial charge in [-0.25, -0.2) is 9.79 Å². The largest absolute Gasteiger partial charge is 0.295 e. The van der Waals surface area contributed by atoms with E-state index < -0.39 is 0 Å². The first-order valence-corrected chi connectivity index (χ1v) is 5.41. The van der Waals surface area contributed by atoms with Crippen LogP contribution < -0.4 is 0 Å². The Bertz CT molecular complexity index is 252. The van der Waals surface area contributed by atoms with Crippen LogP contribution in [-0.2, 0) is 9.59 Å². The first kappa shape index (κ1) is 13.8. The SMILES string of the molecule is C=C(C)C(=O)CCCCCCCN=C=O. The maximum atomic E-state index is 11.2. The van der Waals surface area contributed by atoms with Crippen LogP contribution in [0.1, 0.15) is 45.4 Å². The second kappa shape index (κ2) is 9.35. The van der Waals surface area contributed by atoms with Crippen molar-refractivity contribution in [2.75, 3.05) is 6.54 Å². The third kappa shape index (κ3) is 9.10. The molecule has 0 amide bonds.